The van der Waals surface area contributed by atoms with E-state index in [-0.39, 0.29) is 42.0 Å². The van der Waals surface area contributed by atoms with Crippen molar-refractivity contribution in [1.29, 1.82) is 0 Å². The molecule has 1 amide bonds. The van der Waals surface area contributed by atoms with E-state index in [1.54, 1.807) is 6.92 Å². The monoisotopic (exact) mass is 937 g/mol. The van der Waals surface area contributed by atoms with Crippen LogP contribution in [0.5, 0.6) is 0 Å². The summed E-state index contributed by atoms with van der Waals surface area (Å²) < 4.78 is 19.8. The lowest BCUT2D eigenvalue weighted by molar-refractivity contribution is -0.786. The van der Waals surface area contributed by atoms with Crippen LogP contribution >= 0.6 is 0 Å². The predicted octanol–water partition coefficient (Wildman–Crippen LogP) is 7.15. The predicted molar refractivity (Wildman–Crippen MR) is 253 cm³/mol. The second-order valence-corrected chi connectivity index (χ2v) is 27.5. The van der Waals surface area contributed by atoms with Crippen LogP contribution in [-0.4, -0.2) is 71.3 Å². The fourth-order valence-corrected chi connectivity index (χ4v) is 21.8. The minimum absolute atomic E-state index is 0. The zero-order valence-corrected chi connectivity index (χ0v) is 43.7. The van der Waals surface area contributed by atoms with Gasteiger partial charge in [-0.15, -0.1) is 0 Å². The van der Waals surface area contributed by atoms with E-state index in [1.165, 1.54) is 96.4 Å². The minimum atomic E-state index is -0.368. The van der Waals surface area contributed by atoms with Gasteiger partial charge in [0.25, 0.3) is 0 Å². The molecule has 2 spiro atoms. The second-order valence-electron chi connectivity index (χ2n) is 27.5. The van der Waals surface area contributed by atoms with Crippen LogP contribution < -0.4 is 17.7 Å². The van der Waals surface area contributed by atoms with Crippen LogP contribution in [-0.2, 0) is 23.8 Å². The molecule has 4 heterocycles. The summed E-state index contributed by atoms with van der Waals surface area (Å²) in [6, 6.07) is 0. The topological polar surface area (TPSA) is 102 Å². The lowest BCUT2D eigenvalue weighted by atomic mass is 9.44. The Morgan fingerprint density at radius 2 is 1.20 bits per heavy atom. The third-order valence-electron chi connectivity index (χ3n) is 25.1. The van der Waals surface area contributed by atoms with Crippen LogP contribution in [0.2, 0.25) is 0 Å². The van der Waals surface area contributed by atoms with Gasteiger partial charge in [-0.3, -0.25) is 9.59 Å². The van der Waals surface area contributed by atoms with Gasteiger partial charge in [0, 0.05) is 43.6 Å². The van der Waals surface area contributed by atoms with Crippen molar-refractivity contribution in [3.05, 3.63) is 0 Å². The number of carbonyl (C=O) groups excluding carboxylic acids is 2. The highest BCUT2D eigenvalue weighted by Gasteiger charge is 2.72. The van der Waals surface area contributed by atoms with Crippen molar-refractivity contribution < 1.29 is 46.6 Å². The molecule has 10 unspecified atom stereocenters. The molecule has 12 fully saturated rings. The Hall–Kier alpha value is -0.930. The number of hydrogen-bond acceptors (Lipinski definition) is 6. The number of aliphatic hydroxyl groups is 1. The number of carbonyl (C=O) groups is 2. The molecule has 0 aromatic carbocycles. The number of piperidine rings is 2. The molecule has 374 valence electrons. The van der Waals surface area contributed by atoms with Crippen molar-refractivity contribution in [2.75, 3.05) is 13.1 Å². The molecular formula is C57H93ClN2O6. The summed E-state index contributed by atoms with van der Waals surface area (Å²) >= 11 is 0. The molecular weight excluding hydrogens is 844 g/mol. The maximum absolute atomic E-state index is 12.2. The molecule has 24 atom stereocenters. The number of aliphatic hydroxyl groups excluding tert-OH is 1. The van der Waals surface area contributed by atoms with E-state index in [0.717, 1.165) is 105 Å². The summed E-state index contributed by atoms with van der Waals surface area (Å²) in [7, 11) is 0. The molecule has 12 rings (SSSR count). The number of nitrogens with two attached hydrogens (primary N) is 1. The number of quaternary nitrogens is 1. The molecule has 9 heteroatoms. The number of fused-ring (bicyclic) bond motifs is 14. The summed E-state index contributed by atoms with van der Waals surface area (Å²) in [5.74, 6) is 10.2. The lowest BCUT2D eigenvalue weighted by Crippen LogP contribution is -3.00. The number of ether oxygens (including phenoxy) is 3. The molecule has 0 bridgehead atoms. The van der Waals surface area contributed by atoms with E-state index >= 15 is 0 Å². The quantitative estimate of drug-likeness (QED) is 0.226. The summed E-state index contributed by atoms with van der Waals surface area (Å²) in [6.45, 7) is 23.8. The van der Waals surface area contributed by atoms with Crippen LogP contribution in [0.1, 0.15) is 191 Å². The van der Waals surface area contributed by atoms with Crippen LogP contribution in [0, 0.1) is 105 Å². The number of esters is 1. The Morgan fingerprint density at radius 3 is 1.79 bits per heavy atom. The molecule has 0 aromatic rings. The Bertz CT molecular complexity index is 1820. The Kier molecular flexibility index (Phi) is 12.6. The van der Waals surface area contributed by atoms with Crippen molar-refractivity contribution in [3.8, 4) is 0 Å². The fourth-order valence-electron chi connectivity index (χ4n) is 21.8. The summed E-state index contributed by atoms with van der Waals surface area (Å²) in [5, 5.41) is 12.9. The molecule has 66 heavy (non-hydrogen) atoms. The highest BCUT2D eigenvalue weighted by atomic mass is 35.5. The minimum Gasteiger partial charge on any atom is -1.00 e. The Balaban J connectivity index is 0.000000154. The van der Waals surface area contributed by atoms with Crippen LogP contribution in [0.4, 0.5) is 0 Å². The largest absolute Gasteiger partial charge is 1.00 e. The maximum atomic E-state index is 12.2. The molecule has 8 aliphatic carbocycles. The van der Waals surface area contributed by atoms with E-state index in [1.807, 2.05) is 4.90 Å². The van der Waals surface area contributed by atoms with Gasteiger partial charge in [0.1, 0.15) is 11.8 Å². The number of halogens is 1. The molecule has 12 aliphatic rings. The molecule has 0 radical (unpaired) electrons. The molecule has 4 aliphatic heterocycles. The first-order valence-electron chi connectivity index (χ1n) is 28.2. The van der Waals surface area contributed by atoms with Gasteiger partial charge in [-0.25, -0.2) is 0 Å². The van der Waals surface area contributed by atoms with Gasteiger partial charge in [0.15, 0.2) is 0 Å². The number of likely N-dealkylation sites (tertiary alicyclic amines) is 1. The molecule has 4 saturated heterocycles. The highest BCUT2D eigenvalue weighted by molar-refractivity contribution is 5.66. The van der Waals surface area contributed by atoms with E-state index in [2.05, 4.69) is 60.7 Å². The average molecular weight is 938 g/mol. The number of amides is 1. The van der Waals surface area contributed by atoms with Gasteiger partial charge in [-0.1, -0.05) is 55.4 Å². The van der Waals surface area contributed by atoms with Crippen molar-refractivity contribution in [3.63, 3.8) is 0 Å². The SMILES string of the molecule is CC(=O)O[C@@H]1CC[C@@]2(C)C(CC[C@@H]3C2CC[C@@]2(C)C3CC3O[C@@]4(CC[C@H](C)CN4C=O)[C@@H](C)C32)C1.C[C@H]1CC[C@]2([NH2+]C1)OC1CC3[C@@H]4CCC5C[C@H](O)CC[C@]5(C)C4CC[C@]3(C)C1[C@@H]2C.[Cl-]. The van der Waals surface area contributed by atoms with Gasteiger partial charge >= 0.3 is 5.97 Å². The van der Waals surface area contributed by atoms with Crippen LogP contribution in [0.3, 0.4) is 0 Å². The van der Waals surface area contributed by atoms with Crippen molar-refractivity contribution in [2.45, 2.75) is 227 Å². The van der Waals surface area contributed by atoms with Gasteiger partial charge in [-0.2, -0.15) is 0 Å². The van der Waals surface area contributed by atoms with Crippen molar-refractivity contribution in [2.24, 2.45) is 105 Å². The first-order chi connectivity index (χ1) is 30.9. The zero-order valence-electron chi connectivity index (χ0n) is 42.9. The highest BCUT2D eigenvalue weighted by Crippen LogP contribution is 2.73. The fraction of sp³-hybridized carbons (Fsp3) is 0.965. The van der Waals surface area contributed by atoms with E-state index < -0.39 is 0 Å². The third kappa shape index (κ3) is 7.09. The van der Waals surface area contributed by atoms with Gasteiger partial charge in [0.05, 0.1) is 24.9 Å². The summed E-state index contributed by atoms with van der Waals surface area (Å²) in [5.41, 5.74) is 1.42. The Morgan fingerprint density at radius 1 is 0.636 bits per heavy atom. The van der Waals surface area contributed by atoms with E-state index in [4.69, 9.17) is 14.2 Å². The molecule has 8 saturated carbocycles. The number of nitrogens with zero attached hydrogens (tertiary/aromatic N) is 1. The smallest absolute Gasteiger partial charge is 0.302 e. The summed E-state index contributed by atoms with van der Waals surface area (Å²) in [4.78, 5) is 25.8. The second kappa shape index (κ2) is 17.1. The third-order valence-corrected chi connectivity index (χ3v) is 25.1. The first-order valence-corrected chi connectivity index (χ1v) is 28.2. The molecule has 0 aromatic heterocycles. The van der Waals surface area contributed by atoms with Crippen molar-refractivity contribution in [1.82, 2.24) is 4.90 Å². The standard InChI is InChI=1S/C30H47NO4.C27H45NO2.ClH/c1-18-8-13-30(31(16-18)17-32)19(2)27-26(35-30)15-25-23-7-6-21-14-22(34-20(3)33)9-11-28(21,4)24(23)10-12-29(25,27)5;1-16-7-12-27(28-15-16)17(2)24-23(30-27)14-22-20-6-5-18-13-19(29)8-10-25(18,3)21(20)9-11-26(22,24)4;/h17-19,21-27H,6-16H2,1-5H3;16-24,28-29H,5-15H2,1-4H3;1H/t18-,19-,21?,22+,23+,24?,25?,26?,27?,28-,29-,30-;16-,17-,18?,19+,20+,21?,22?,23?,24?,25-,26-,27-;/m00./s1. The van der Waals surface area contributed by atoms with Crippen LogP contribution in [0.15, 0.2) is 0 Å². The van der Waals surface area contributed by atoms with Crippen LogP contribution in [0.25, 0.3) is 0 Å². The number of rotatable bonds is 2. The molecule has 3 N–H and O–H groups in total. The van der Waals surface area contributed by atoms with Gasteiger partial charge < -0.3 is 41.9 Å². The van der Waals surface area contributed by atoms with E-state index in [9.17, 15) is 14.7 Å². The maximum Gasteiger partial charge on any atom is 0.302 e. The average Bonchev–Trinajstić information content (AvgIpc) is 3.93. The molecule has 8 nitrogen and oxygen atoms in total. The van der Waals surface area contributed by atoms with E-state index in [0.29, 0.717) is 63.5 Å². The van der Waals surface area contributed by atoms with Gasteiger partial charge in [-0.05, 0) is 203 Å². The zero-order chi connectivity index (χ0) is 45.6. The number of hydrogen-bond donors (Lipinski definition) is 2. The first kappa shape index (κ1) is 48.7. The van der Waals surface area contributed by atoms with Crippen molar-refractivity contribution >= 4 is 12.4 Å². The normalized spacial score (nSPS) is 57.6. The Labute approximate surface area is 406 Å². The van der Waals surface area contributed by atoms with Gasteiger partial charge in [0.2, 0.25) is 12.1 Å². The lowest BCUT2D eigenvalue weighted by Gasteiger charge is -2.61. The summed E-state index contributed by atoms with van der Waals surface area (Å²) in [6.07, 6.45) is 26.9.